The Hall–Kier alpha value is -2.42. The highest BCUT2D eigenvalue weighted by molar-refractivity contribution is 7.89. The summed E-state index contributed by atoms with van der Waals surface area (Å²) < 4.78 is 24.2. The molecular weight excluding hydrogens is 376 g/mol. The molecule has 9 heteroatoms. The monoisotopic (exact) mass is 392 g/mol. The van der Waals surface area contributed by atoms with Crippen LogP contribution in [0.3, 0.4) is 0 Å². The molecule has 0 spiro atoms. The number of carbonyl (C=O) groups is 1. The number of hydrogen-bond acceptors (Lipinski definition) is 4. The van der Waals surface area contributed by atoms with E-state index in [1.54, 1.807) is 41.8 Å². The summed E-state index contributed by atoms with van der Waals surface area (Å²) >= 11 is 5.95. The first-order chi connectivity index (χ1) is 12.3. The SMILES string of the molecule is Cc1nc2cc(Cl)ccn2c1C(=O)NCCc1ccc(S(N)(=O)=O)cc1. The van der Waals surface area contributed by atoms with Crippen LogP contribution in [0.5, 0.6) is 0 Å². The van der Waals surface area contributed by atoms with Crippen molar-refractivity contribution in [1.29, 1.82) is 0 Å². The predicted octanol–water partition coefficient (Wildman–Crippen LogP) is 1.92. The normalized spacial score (nSPS) is 11.7. The predicted molar refractivity (Wildman–Crippen MR) is 98.8 cm³/mol. The van der Waals surface area contributed by atoms with Gasteiger partial charge in [-0.3, -0.25) is 9.20 Å². The maximum Gasteiger partial charge on any atom is 0.270 e. The van der Waals surface area contributed by atoms with Crippen molar-refractivity contribution in [1.82, 2.24) is 14.7 Å². The summed E-state index contributed by atoms with van der Waals surface area (Å²) in [5.74, 6) is -0.238. The van der Waals surface area contributed by atoms with Crippen LogP contribution in [0.4, 0.5) is 0 Å². The van der Waals surface area contributed by atoms with Crippen molar-refractivity contribution in [2.24, 2.45) is 5.14 Å². The number of benzene rings is 1. The number of halogens is 1. The van der Waals surface area contributed by atoms with E-state index in [1.165, 1.54) is 12.1 Å². The molecule has 7 nitrogen and oxygen atoms in total. The van der Waals surface area contributed by atoms with Crippen molar-refractivity contribution < 1.29 is 13.2 Å². The lowest BCUT2D eigenvalue weighted by atomic mass is 10.1. The third-order valence-corrected chi connectivity index (χ3v) is 5.09. The molecule has 0 atom stereocenters. The van der Waals surface area contributed by atoms with Crippen LogP contribution in [-0.4, -0.2) is 30.3 Å². The molecule has 26 heavy (non-hydrogen) atoms. The van der Waals surface area contributed by atoms with Crippen LogP contribution in [0.15, 0.2) is 47.5 Å². The summed E-state index contributed by atoms with van der Waals surface area (Å²) in [5, 5.41) is 8.47. The van der Waals surface area contributed by atoms with Crippen molar-refractivity contribution in [3.05, 3.63) is 64.6 Å². The van der Waals surface area contributed by atoms with E-state index in [2.05, 4.69) is 10.3 Å². The quantitative estimate of drug-likeness (QED) is 0.691. The van der Waals surface area contributed by atoms with Gasteiger partial charge in [0.1, 0.15) is 11.3 Å². The number of carbonyl (C=O) groups excluding carboxylic acids is 1. The zero-order valence-electron chi connectivity index (χ0n) is 13.9. The topological polar surface area (TPSA) is 107 Å². The fourth-order valence-electron chi connectivity index (χ4n) is 2.66. The second-order valence-electron chi connectivity index (χ2n) is 5.81. The van der Waals surface area contributed by atoms with Crippen LogP contribution in [0.25, 0.3) is 5.65 Å². The second-order valence-corrected chi connectivity index (χ2v) is 7.81. The summed E-state index contributed by atoms with van der Waals surface area (Å²) in [5.41, 5.74) is 2.57. The summed E-state index contributed by atoms with van der Waals surface area (Å²) in [4.78, 5) is 16.9. The largest absolute Gasteiger partial charge is 0.350 e. The molecule has 0 aliphatic carbocycles. The van der Waals surface area contributed by atoms with E-state index < -0.39 is 10.0 Å². The van der Waals surface area contributed by atoms with Gasteiger partial charge in [-0.05, 0) is 37.1 Å². The van der Waals surface area contributed by atoms with Gasteiger partial charge in [0.2, 0.25) is 10.0 Å². The highest BCUT2D eigenvalue weighted by Gasteiger charge is 2.16. The Morgan fingerprint density at radius 1 is 1.27 bits per heavy atom. The third kappa shape index (κ3) is 3.87. The Kier molecular flexibility index (Phi) is 4.99. The summed E-state index contributed by atoms with van der Waals surface area (Å²) in [6.45, 7) is 2.16. The number of nitrogens with two attached hydrogens (primary N) is 1. The lowest BCUT2D eigenvalue weighted by Gasteiger charge is -2.07. The summed E-state index contributed by atoms with van der Waals surface area (Å²) in [6, 6.07) is 9.63. The molecule has 3 aromatic rings. The van der Waals surface area contributed by atoms with Gasteiger partial charge in [0.25, 0.3) is 5.91 Å². The number of nitrogens with zero attached hydrogens (tertiary/aromatic N) is 2. The standard InChI is InChI=1S/C17H17ClN4O3S/c1-11-16(22-9-7-13(18)10-15(22)21-11)17(23)20-8-6-12-2-4-14(5-3-12)26(19,24)25/h2-5,7,9-10H,6,8H2,1H3,(H,20,23)(H2,19,24,25). The zero-order valence-corrected chi connectivity index (χ0v) is 15.5. The molecule has 0 aliphatic heterocycles. The van der Waals surface area contributed by atoms with Gasteiger partial charge in [-0.2, -0.15) is 0 Å². The fraction of sp³-hybridized carbons (Fsp3) is 0.176. The van der Waals surface area contributed by atoms with Crippen LogP contribution < -0.4 is 10.5 Å². The van der Waals surface area contributed by atoms with Gasteiger partial charge in [-0.1, -0.05) is 23.7 Å². The number of primary sulfonamides is 1. The van der Waals surface area contributed by atoms with Crippen molar-refractivity contribution >= 4 is 33.2 Å². The number of nitrogens with one attached hydrogen (secondary N) is 1. The maximum atomic E-state index is 12.5. The van der Waals surface area contributed by atoms with Crippen LogP contribution in [0.2, 0.25) is 5.02 Å². The van der Waals surface area contributed by atoms with Crippen LogP contribution >= 0.6 is 11.6 Å². The minimum atomic E-state index is -3.70. The van der Waals surface area contributed by atoms with E-state index in [1.807, 2.05) is 0 Å². The van der Waals surface area contributed by atoms with Crippen molar-refractivity contribution in [2.75, 3.05) is 6.54 Å². The molecule has 0 saturated heterocycles. The van der Waals surface area contributed by atoms with Crippen molar-refractivity contribution in [3.8, 4) is 0 Å². The van der Waals surface area contributed by atoms with E-state index in [9.17, 15) is 13.2 Å². The molecule has 0 radical (unpaired) electrons. The number of rotatable bonds is 5. The minimum Gasteiger partial charge on any atom is -0.350 e. The molecular formula is C17H17ClN4O3S. The molecule has 2 heterocycles. The number of fused-ring (bicyclic) bond motifs is 1. The lowest BCUT2D eigenvalue weighted by molar-refractivity contribution is 0.0947. The Morgan fingerprint density at radius 3 is 2.62 bits per heavy atom. The number of aryl methyl sites for hydroxylation is 1. The molecule has 0 unspecified atom stereocenters. The van der Waals surface area contributed by atoms with Gasteiger partial charge < -0.3 is 5.32 Å². The van der Waals surface area contributed by atoms with Crippen LogP contribution in [0.1, 0.15) is 21.7 Å². The third-order valence-electron chi connectivity index (χ3n) is 3.93. The minimum absolute atomic E-state index is 0.0605. The number of pyridine rings is 1. The highest BCUT2D eigenvalue weighted by atomic mass is 35.5. The van der Waals surface area contributed by atoms with Gasteiger partial charge >= 0.3 is 0 Å². The van der Waals surface area contributed by atoms with Gasteiger partial charge in [0.15, 0.2) is 0 Å². The molecule has 0 aliphatic rings. The Balaban J connectivity index is 1.67. The number of amides is 1. The summed E-state index contributed by atoms with van der Waals surface area (Å²) in [7, 11) is -3.70. The van der Waals surface area contributed by atoms with E-state index in [0.29, 0.717) is 35.0 Å². The smallest absolute Gasteiger partial charge is 0.270 e. The van der Waals surface area contributed by atoms with Gasteiger partial charge in [0.05, 0.1) is 10.6 Å². The van der Waals surface area contributed by atoms with E-state index in [0.717, 1.165) is 5.56 Å². The average Bonchev–Trinajstić information content (AvgIpc) is 2.89. The molecule has 0 bridgehead atoms. The van der Waals surface area contributed by atoms with Gasteiger partial charge in [0, 0.05) is 23.8 Å². The molecule has 1 amide bonds. The maximum absolute atomic E-state index is 12.5. The number of hydrogen-bond donors (Lipinski definition) is 2. The average molecular weight is 393 g/mol. The fourth-order valence-corrected chi connectivity index (χ4v) is 3.33. The van der Waals surface area contributed by atoms with Crippen LogP contribution in [-0.2, 0) is 16.4 Å². The zero-order chi connectivity index (χ0) is 18.9. The first kappa shape index (κ1) is 18.4. The molecule has 0 fully saturated rings. The van der Waals surface area contributed by atoms with Gasteiger partial charge in [-0.15, -0.1) is 0 Å². The van der Waals surface area contributed by atoms with Gasteiger partial charge in [-0.25, -0.2) is 18.5 Å². The van der Waals surface area contributed by atoms with Crippen LogP contribution in [0, 0.1) is 6.92 Å². The van der Waals surface area contributed by atoms with Crippen molar-refractivity contribution in [3.63, 3.8) is 0 Å². The molecule has 1 aromatic carbocycles. The lowest BCUT2D eigenvalue weighted by Crippen LogP contribution is -2.27. The molecule has 2 aromatic heterocycles. The molecule has 136 valence electrons. The first-order valence-corrected chi connectivity index (χ1v) is 9.72. The number of aromatic nitrogens is 2. The number of sulfonamides is 1. The first-order valence-electron chi connectivity index (χ1n) is 7.80. The Labute approximate surface area is 155 Å². The summed E-state index contributed by atoms with van der Waals surface area (Å²) in [6.07, 6.45) is 2.26. The Morgan fingerprint density at radius 2 is 1.96 bits per heavy atom. The van der Waals surface area contributed by atoms with E-state index in [4.69, 9.17) is 16.7 Å². The Bertz CT molecular complexity index is 1080. The molecule has 3 N–H and O–H groups in total. The van der Waals surface area contributed by atoms with E-state index >= 15 is 0 Å². The highest BCUT2D eigenvalue weighted by Crippen LogP contribution is 2.16. The second kappa shape index (κ2) is 7.06. The molecule has 0 saturated carbocycles. The van der Waals surface area contributed by atoms with Crippen molar-refractivity contribution in [2.45, 2.75) is 18.2 Å². The molecule has 3 rings (SSSR count). The van der Waals surface area contributed by atoms with E-state index in [-0.39, 0.29) is 10.8 Å². The number of imidazole rings is 1.